The fourth-order valence-corrected chi connectivity index (χ4v) is 8.18. The summed E-state index contributed by atoms with van der Waals surface area (Å²) in [6.07, 6.45) is 73.6. The molecule has 5 nitrogen and oxygen atoms in total. The number of aliphatic hydroxyl groups is 1. The number of rotatable bonds is 51. The lowest BCUT2D eigenvalue weighted by molar-refractivity contribution is -0.161. The Kier molecular flexibility index (Phi) is 52.9. The van der Waals surface area contributed by atoms with Gasteiger partial charge in [0, 0.05) is 12.8 Å². The lowest BCUT2D eigenvalue weighted by Gasteiger charge is -2.15. The Balaban J connectivity index is 3.44. The molecule has 0 amide bonds. The van der Waals surface area contributed by atoms with Crippen LogP contribution in [-0.4, -0.2) is 36.4 Å². The van der Waals surface area contributed by atoms with Crippen LogP contribution in [0.2, 0.25) is 0 Å². The zero-order valence-electron chi connectivity index (χ0n) is 42.5. The number of hydrogen-bond acceptors (Lipinski definition) is 5. The van der Waals surface area contributed by atoms with Crippen LogP contribution < -0.4 is 0 Å². The van der Waals surface area contributed by atoms with Gasteiger partial charge in [0.25, 0.3) is 0 Å². The van der Waals surface area contributed by atoms with Gasteiger partial charge >= 0.3 is 11.9 Å². The van der Waals surface area contributed by atoms with Crippen molar-refractivity contribution in [3.8, 4) is 0 Å². The van der Waals surface area contributed by atoms with Crippen molar-refractivity contribution in [3.05, 3.63) is 60.8 Å². The van der Waals surface area contributed by atoms with E-state index in [1.54, 1.807) is 0 Å². The van der Waals surface area contributed by atoms with E-state index in [0.29, 0.717) is 12.8 Å². The minimum Gasteiger partial charge on any atom is -0.462 e. The van der Waals surface area contributed by atoms with Gasteiger partial charge in [-0.25, -0.2) is 0 Å². The molecule has 1 unspecified atom stereocenters. The summed E-state index contributed by atoms with van der Waals surface area (Å²) in [4.78, 5) is 24.4. The molecular formula is C59H106O5. The van der Waals surface area contributed by atoms with Gasteiger partial charge in [0.1, 0.15) is 6.61 Å². The molecule has 372 valence electrons. The number of unbranched alkanes of at least 4 members (excludes halogenated alkanes) is 33. The first-order valence-electron chi connectivity index (χ1n) is 27.8. The summed E-state index contributed by atoms with van der Waals surface area (Å²) in [5.74, 6) is -0.650. The van der Waals surface area contributed by atoms with Crippen molar-refractivity contribution >= 4 is 11.9 Å². The Morgan fingerprint density at radius 3 is 1.00 bits per heavy atom. The standard InChI is InChI=1S/C59H106O5/c1-3-5-7-9-11-13-15-17-19-21-22-23-24-25-26-27-28-29-30-31-32-33-34-35-36-38-39-41-43-45-47-49-51-53-58(61)63-56-57(55-60)64-59(62)54-52-50-48-46-44-42-40-37-20-18-16-14-12-10-8-6-4-2/h6,8,12,14,18,20,40,42,46,48,57,60H,3-5,7,9-11,13,15-17,19,21-39,41,43-45,47,49-56H2,1-2H3/b8-6-,14-12-,20-18-,42-40-,48-46-. The molecule has 0 bridgehead atoms. The molecule has 0 saturated carbocycles. The summed E-state index contributed by atoms with van der Waals surface area (Å²) in [5, 5.41) is 9.61. The number of carbonyl (C=O) groups is 2. The van der Waals surface area contributed by atoms with Crippen LogP contribution in [-0.2, 0) is 19.1 Å². The van der Waals surface area contributed by atoms with Gasteiger partial charge in [0.05, 0.1) is 6.61 Å². The highest BCUT2D eigenvalue weighted by Gasteiger charge is 2.16. The minimum absolute atomic E-state index is 0.0878. The smallest absolute Gasteiger partial charge is 0.306 e. The van der Waals surface area contributed by atoms with E-state index in [1.807, 2.05) is 0 Å². The predicted octanol–water partition coefficient (Wildman–Crippen LogP) is 18.6. The molecular weight excluding hydrogens is 789 g/mol. The van der Waals surface area contributed by atoms with Crippen LogP contribution in [0.15, 0.2) is 60.8 Å². The van der Waals surface area contributed by atoms with E-state index in [9.17, 15) is 14.7 Å². The fraction of sp³-hybridized carbons (Fsp3) is 0.797. The highest BCUT2D eigenvalue weighted by molar-refractivity contribution is 5.70. The number of allylic oxidation sites excluding steroid dienone is 10. The molecule has 0 fully saturated rings. The van der Waals surface area contributed by atoms with Crippen molar-refractivity contribution < 1.29 is 24.2 Å². The van der Waals surface area contributed by atoms with Crippen molar-refractivity contribution in [2.75, 3.05) is 13.2 Å². The molecule has 0 aromatic rings. The second-order valence-electron chi connectivity index (χ2n) is 18.6. The van der Waals surface area contributed by atoms with Gasteiger partial charge in [-0.2, -0.15) is 0 Å². The van der Waals surface area contributed by atoms with Gasteiger partial charge in [-0.05, 0) is 51.4 Å². The summed E-state index contributed by atoms with van der Waals surface area (Å²) < 4.78 is 10.6. The largest absolute Gasteiger partial charge is 0.462 e. The van der Waals surface area contributed by atoms with Crippen molar-refractivity contribution in [3.63, 3.8) is 0 Å². The quantitative estimate of drug-likeness (QED) is 0.0374. The number of esters is 2. The van der Waals surface area contributed by atoms with Crippen LogP contribution in [0.4, 0.5) is 0 Å². The van der Waals surface area contributed by atoms with Crippen LogP contribution >= 0.6 is 0 Å². The second-order valence-corrected chi connectivity index (χ2v) is 18.6. The zero-order valence-corrected chi connectivity index (χ0v) is 42.5. The van der Waals surface area contributed by atoms with E-state index in [4.69, 9.17) is 9.47 Å². The molecule has 1 N–H and O–H groups in total. The molecule has 0 spiro atoms. The van der Waals surface area contributed by atoms with Crippen molar-refractivity contribution in [1.82, 2.24) is 0 Å². The summed E-state index contributed by atoms with van der Waals surface area (Å²) in [7, 11) is 0. The molecule has 1 atom stereocenters. The molecule has 0 aromatic heterocycles. The highest BCUT2D eigenvalue weighted by Crippen LogP contribution is 2.17. The van der Waals surface area contributed by atoms with Gasteiger partial charge in [-0.1, -0.05) is 280 Å². The second kappa shape index (κ2) is 54.9. The summed E-state index contributed by atoms with van der Waals surface area (Å²) in [6.45, 7) is 4.01. The summed E-state index contributed by atoms with van der Waals surface area (Å²) >= 11 is 0. The molecule has 0 aliphatic heterocycles. The van der Waals surface area contributed by atoms with Gasteiger partial charge in [-0.3, -0.25) is 9.59 Å². The first-order valence-corrected chi connectivity index (χ1v) is 27.8. The molecule has 0 heterocycles. The number of ether oxygens (including phenoxy) is 2. The zero-order chi connectivity index (χ0) is 46.3. The highest BCUT2D eigenvalue weighted by atomic mass is 16.6. The lowest BCUT2D eigenvalue weighted by atomic mass is 10.0. The Morgan fingerprint density at radius 1 is 0.375 bits per heavy atom. The van der Waals surface area contributed by atoms with Crippen LogP contribution in [0.5, 0.6) is 0 Å². The molecule has 0 aliphatic carbocycles. The van der Waals surface area contributed by atoms with Gasteiger partial charge in [-0.15, -0.1) is 0 Å². The Labute approximate surface area is 398 Å². The third-order valence-corrected chi connectivity index (χ3v) is 12.3. The Bertz CT molecular complexity index is 1100. The number of carbonyl (C=O) groups excluding carboxylic acids is 2. The van der Waals surface area contributed by atoms with E-state index in [1.165, 1.54) is 193 Å². The maximum atomic E-state index is 12.2. The van der Waals surface area contributed by atoms with Crippen LogP contribution in [0, 0.1) is 0 Å². The maximum Gasteiger partial charge on any atom is 0.306 e. The predicted molar refractivity (Wildman–Crippen MR) is 279 cm³/mol. The number of aliphatic hydroxyl groups excluding tert-OH is 1. The fourth-order valence-electron chi connectivity index (χ4n) is 8.18. The van der Waals surface area contributed by atoms with Gasteiger partial charge in [0.15, 0.2) is 6.10 Å². The molecule has 5 heteroatoms. The summed E-state index contributed by atoms with van der Waals surface area (Å²) in [6, 6.07) is 0. The Morgan fingerprint density at radius 2 is 0.672 bits per heavy atom. The monoisotopic (exact) mass is 895 g/mol. The van der Waals surface area contributed by atoms with Crippen molar-refractivity contribution in [2.24, 2.45) is 0 Å². The first-order chi connectivity index (χ1) is 31.6. The average molecular weight is 895 g/mol. The molecule has 0 aromatic carbocycles. The average Bonchev–Trinajstić information content (AvgIpc) is 3.30. The molecule has 0 saturated heterocycles. The van der Waals surface area contributed by atoms with E-state index in [-0.39, 0.29) is 31.6 Å². The van der Waals surface area contributed by atoms with E-state index in [2.05, 4.69) is 74.6 Å². The summed E-state index contributed by atoms with van der Waals surface area (Å²) in [5.41, 5.74) is 0. The number of hydrogen-bond donors (Lipinski definition) is 1. The van der Waals surface area contributed by atoms with E-state index in [0.717, 1.165) is 57.8 Å². The van der Waals surface area contributed by atoms with Gasteiger partial charge in [0.2, 0.25) is 0 Å². The lowest BCUT2D eigenvalue weighted by Crippen LogP contribution is -2.28. The normalized spacial score (nSPS) is 12.6. The third kappa shape index (κ3) is 52.2. The van der Waals surface area contributed by atoms with Crippen LogP contribution in [0.25, 0.3) is 0 Å². The van der Waals surface area contributed by atoms with Crippen LogP contribution in [0.1, 0.15) is 284 Å². The molecule has 0 rings (SSSR count). The minimum atomic E-state index is -0.803. The first kappa shape index (κ1) is 61.6. The maximum absolute atomic E-state index is 12.2. The molecule has 64 heavy (non-hydrogen) atoms. The van der Waals surface area contributed by atoms with Crippen molar-refractivity contribution in [2.45, 2.75) is 290 Å². The van der Waals surface area contributed by atoms with Crippen molar-refractivity contribution in [1.29, 1.82) is 0 Å². The molecule has 0 radical (unpaired) electrons. The topological polar surface area (TPSA) is 72.8 Å². The Hall–Kier alpha value is -2.40. The molecule has 0 aliphatic rings. The van der Waals surface area contributed by atoms with E-state index < -0.39 is 6.10 Å². The SMILES string of the molecule is CC/C=C\C/C=C\C/C=C\C/C=C\C/C=C\CCCC(=O)OC(CO)COC(=O)CCCCCCCCCCCCCCCCCCCCCCCCCCCCCCCCCCC. The third-order valence-electron chi connectivity index (χ3n) is 12.3. The van der Waals surface area contributed by atoms with E-state index >= 15 is 0 Å². The van der Waals surface area contributed by atoms with Crippen LogP contribution in [0.3, 0.4) is 0 Å². The van der Waals surface area contributed by atoms with Gasteiger partial charge < -0.3 is 14.6 Å².